The van der Waals surface area contributed by atoms with Crippen LogP contribution in [0.1, 0.15) is 58.1 Å². The van der Waals surface area contributed by atoms with Crippen LogP contribution in [0.5, 0.6) is 0 Å². The zero-order chi connectivity index (χ0) is 30.9. The number of hydrogen-bond acceptors (Lipinski definition) is 3. The summed E-state index contributed by atoms with van der Waals surface area (Å²) in [6, 6.07) is 39.9. The van der Waals surface area contributed by atoms with Gasteiger partial charge in [-0.2, -0.15) is 0 Å². The second kappa shape index (κ2) is 12.2. The Morgan fingerprint density at radius 2 is 1.36 bits per heavy atom. The summed E-state index contributed by atoms with van der Waals surface area (Å²) in [5.41, 5.74) is 9.16. The molecule has 0 aliphatic carbocycles. The van der Waals surface area contributed by atoms with Gasteiger partial charge in [-0.25, -0.2) is 9.97 Å². The number of fused-ring (bicyclic) bond motifs is 4. The van der Waals surface area contributed by atoms with Crippen molar-refractivity contribution in [1.29, 1.82) is 0 Å². The Kier molecular flexibility index (Phi) is 7.85. The maximum absolute atomic E-state index is 5.05. The van der Waals surface area contributed by atoms with Gasteiger partial charge in [-0.15, -0.1) is 0 Å². The van der Waals surface area contributed by atoms with Gasteiger partial charge in [-0.1, -0.05) is 55.5 Å². The smallest absolute Gasteiger partial charge is 0.164 e. The van der Waals surface area contributed by atoms with E-state index in [2.05, 4.69) is 139 Å². The Bertz CT molecular complexity index is 2010. The van der Waals surface area contributed by atoms with E-state index in [0.29, 0.717) is 12.0 Å². The van der Waals surface area contributed by atoms with Crippen LogP contribution in [0.2, 0.25) is 0 Å². The monoisotopic (exact) mass is 591 g/mol. The molecule has 4 aromatic carbocycles. The van der Waals surface area contributed by atoms with Gasteiger partial charge in [0.1, 0.15) is 11.3 Å². The first-order valence-corrected chi connectivity index (χ1v) is 16.4. The average Bonchev–Trinajstić information content (AvgIpc) is 3.65. The molecule has 226 valence electrons. The van der Waals surface area contributed by atoms with Crippen molar-refractivity contribution >= 4 is 38.7 Å². The highest BCUT2D eigenvalue weighted by Gasteiger charge is 2.21. The third-order valence-electron chi connectivity index (χ3n) is 9.47. The molecular weight excluding hydrogens is 550 g/mol. The molecule has 7 aromatic rings. The molecule has 3 heterocycles. The number of pyridine rings is 1. The Morgan fingerprint density at radius 3 is 1.98 bits per heavy atom. The van der Waals surface area contributed by atoms with Crippen molar-refractivity contribution in [1.82, 2.24) is 19.1 Å². The summed E-state index contributed by atoms with van der Waals surface area (Å²) in [7, 11) is 0. The molecule has 0 fully saturated rings. The van der Waals surface area contributed by atoms with E-state index in [1.807, 2.05) is 18.3 Å². The lowest BCUT2D eigenvalue weighted by atomic mass is 9.90. The van der Waals surface area contributed by atoms with Crippen molar-refractivity contribution in [3.63, 3.8) is 0 Å². The third kappa shape index (κ3) is 5.16. The molecule has 45 heavy (non-hydrogen) atoms. The minimum Gasteiger partial charge on any atom is -0.372 e. The molecule has 5 nitrogen and oxygen atoms in total. The van der Waals surface area contributed by atoms with E-state index in [-0.39, 0.29) is 0 Å². The fraction of sp³-hybridized carbons (Fsp3) is 0.250. The van der Waals surface area contributed by atoms with Gasteiger partial charge < -0.3 is 9.47 Å². The minimum absolute atomic E-state index is 0.354. The molecule has 7 rings (SSSR count). The van der Waals surface area contributed by atoms with Gasteiger partial charge >= 0.3 is 0 Å². The predicted octanol–water partition coefficient (Wildman–Crippen LogP) is 10.2. The second-order valence-corrected chi connectivity index (χ2v) is 12.0. The normalized spacial score (nSPS) is 13.1. The predicted molar refractivity (Wildman–Crippen MR) is 190 cm³/mol. The number of hydrogen-bond donors (Lipinski definition) is 0. The van der Waals surface area contributed by atoms with E-state index in [0.717, 1.165) is 54.2 Å². The average molecular weight is 592 g/mol. The standard InChI is InChI=1S/C40H41N5/c1-5-29(27-28(4)44-37-16-10-8-13-34(37)35-14-9-11-17-38(35)44)30-18-24-33(25-19-30)45-39(42-36-15-12-26-41-40(36)45)31-20-22-32(23-21-31)43(6-2)7-3/h8-26,28-29H,5-7,27H2,1-4H3. The Hall–Kier alpha value is -4.90. The number of rotatable bonds is 10. The first kappa shape index (κ1) is 28.8. The van der Waals surface area contributed by atoms with Crippen LogP contribution in [0.4, 0.5) is 5.69 Å². The highest BCUT2D eigenvalue weighted by Crippen LogP contribution is 2.37. The molecule has 0 spiro atoms. The summed E-state index contributed by atoms with van der Waals surface area (Å²) < 4.78 is 4.75. The Labute approximate surface area is 265 Å². The van der Waals surface area contributed by atoms with Crippen molar-refractivity contribution in [2.45, 2.75) is 52.5 Å². The lowest BCUT2D eigenvalue weighted by Crippen LogP contribution is -2.21. The number of benzene rings is 4. The van der Waals surface area contributed by atoms with Gasteiger partial charge in [0, 0.05) is 64.1 Å². The first-order valence-electron chi connectivity index (χ1n) is 16.4. The van der Waals surface area contributed by atoms with E-state index < -0.39 is 0 Å². The second-order valence-electron chi connectivity index (χ2n) is 12.0. The molecular formula is C40H41N5. The number of nitrogens with zero attached hydrogens (tertiary/aromatic N) is 5. The Morgan fingerprint density at radius 1 is 0.711 bits per heavy atom. The summed E-state index contributed by atoms with van der Waals surface area (Å²) >= 11 is 0. The van der Waals surface area contributed by atoms with Crippen molar-refractivity contribution in [2.75, 3.05) is 18.0 Å². The van der Waals surface area contributed by atoms with E-state index in [9.17, 15) is 0 Å². The number of para-hydroxylation sites is 2. The lowest BCUT2D eigenvalue weighted by Gasteiger charge is -2.23. The fourth-order valence-corrected chi connectivity index (χ4v) is 7.14. The SMILES string of the molecule is CCC(CC(C)n1c2ccccc2c2ccccc21)c1ccc(-n2c(-c3ccc(N(CC)CC)cc3)nc3cccnc32)cc1. The summed E-state index contributed by atoms with van der Waals surface area (Å²) in [6.07, 6.45) is 4.00. The number of imidazole rings is 1. The third-order valence-corrected chi connectivity index (χ3v) is 9.47. The van der Waals surface area contributed by atoms with Gasteiger partial charge in [0.05, 0.1) is 0 Å². The molecule has 0 saturated heterocycles. The maximum Gasteiger partial charge on any atom is 0.164 e. The number of anilines is 1. The molecule has 0 saturated carbocycles. The molecule has 2 atom stereocenters. The van der Waals surface area contributed by atoms with E-state index in [1.54, 1.807) is 0 Å². The van der Waals surface area contributed by atoms with Crippen LogP contribution in [0, 0.1) is 0 Å². The van der Waals surface area contributed by atoms with Crippen LogP contribution in [0.3, 0.4) is 0 Å². The van der Waals surface area contributed by atoms with Gasteiger partial charge in [0.2, 0.25) is 0 Å². The molecule has 5 heteroatoms. The molecule has 2 unspecified atom stereocenters. The van der Waals surface area contributed by atoms with Crippen LogP contribution < -0.4 is 4.90 Å². The van der Waals surface area contributed by atoms with Crippen molar-refractivity contribution in [3.8, 4) is 17.1 Å². The topological polar surface area (TPSA) is 38.9 Å². The number of aromatic nitrogens is 4. The van der Waals surface area contributed by atoms with Crippen LogP contribution >= 0.6 is 0 Å². The molecule has 0 aliphatic heterocycles. The molecule has 0 amide bonds. The van der Waals surface area contributed by atoms with Crippen LogP contribution in [-0.2, 0) is 0 Å². The molecule has 0 bridgehead atoms. The largest absolute Gasteiger partial charge is 0.372 e. The highest BCUT2D eigenvalue weighted by atomic mass is 15.1. The van der Waals surface area contributed by atoms with E-state index in [4.69, 9.17) is 9.97 Å². The highest BCUT2D eigenvalue weighted by molar-refractivity contribution is 6.08. The first-order chi connectivity index (χ1) is 22.1. The minimum atomic E-state index is 0.354. The van der Waals surface area contributed by atoms with Crippen molar-refractivity contribution in [2.24, 2.45) is 0 Å². The van der Waals surface area contributed by atoms with Crippen molar-refractivity contribution in [3.05, 3.63) is 121 Å². The quantitative estimate of drug-likeness (QED) is 0.159. The van der Waals surface area contributed by atoms with Gasteiger partial charge in [-0.05, 0) is 106 Å². The summed E-state index contributed by atoms with van der Waals surface area (Å²) in [6.45, 7) is 11.0. The van der Waals surface area contributed by atoms with Crippen molar-refractivity contribution < 1.29 is 0 Å². The van der Waals surface area contributed by atoms with E-state index >= 15 is 0 Å². The molecule has 3 aromatic heterocycles. The summed E-state index contributed by atoms with van der Waals surface area (Å²) in [5, 5.41) is 2.66. The zero-order valence-corrected chi connectivity index (χ0v) is 26.7. The van der Waals surface area contributed by atoms with Crippen LogP contribution in [0.15, 0.2) is 115 Å². The summed E-state index contributed by atoms with van der Waals surface area (Å²) in [5.74, 6) is 1.35. The fourth-order valence-electron chi connectivity index (χ4n) is 7.14. The maximum atomic E-state index is 5.05. The molecule has 0 aliphatic rings. The van der Waals surface area contributed by atoms with Gasteiger partial charge in [0.25, 0.3) is 0 Å². The van der Waals surface area contributed by atoms with Gasteiger partial charge in [-0.3, -0.25) is 4.57 Å². The van der Waals surface area contributed by atoms with Gasteiger partial charge in [0.15, 0.2) is 5.65 Å². The van der Waals surface area contributed by atoms with E-state index in [1.165, 1.54) is 33.1 Å². The summed E-state index contributed by atoms with van der Waals surface area (Å²) in [4.78, 5) is 12.2. The van der Waals surface area contributed by atoms with Crippen LogP contribution in [0.25, 0.3) is 50.0 Å². The Balaban J connectivity index is 1.21. The molecule has 0 radical (unpaired) electrons. The van der Waals surface area contributed by atoms with Crippen LogP contribution in [-0.4, -0.2) is 32.2 Å². The zero-order valence-electron chi connectivity index (χ0n) is 26.7. The lowest BCUT2D eigenvalue weighted by molar-refractivity contribution is 0.462. The molecule has 0 N–H and O–H groups in total.